The van der Waals surface area contributed by atoms with E-state index in [2.05, 4.69) is 17.2 Å². The van der Waals surface area contributed by atoms with Gasteiger partial charge in [-0.2, -0.15) is 13.2 Å². The summed E-state index contributed by atoms with van der Waals surface area (Å²) in [5, 5.41) is 2.42. The number of amides is 1. The Bertz CT molecular complexity index is 622. The third-order valence-electron chi connectivity index (χ3n) is 2.43. The first-order valence-corrected chi connectivity index (χ1v) is 6.81. The molecule has 1 N–H and O–H groups in total. The lowest BCUT2D eigenvalue weighted by Crippen LogP contribution is -2.32. The highest BCUT2D eigenvalue weighted by molar-refractivity contribution is 5.67. The van der Waals surface area contributed by atoms with Crippen molar-refractivity contribution in [3.8, 4) is 11.8 Å². The van der Waals surface area contributed by atoms with Crippen molar-refractivity contribution in [2.75, 3.05) is 6.54 Å². The summed E-state index contributed by atoms with van der Waals surface area (Å²) in [6, 6.07) is 2.12. The maximum atomic E-state index is 13.1. The minimum Gasteiger partial charge on any atom is -0.444 e. The van der Waals surface area contributed by atoms with E-state index >= 15 is 0 Å². The Labute approximate surface area is 132 Å². The maximum Gasteiger partial charge on any atom is 0.417 e. The topological polar surface area (TPSA) is 38.3 Å². The highest BCUT2D eigenvalue weighted by Crippen LogP contribution is 2.31. The van der Waals surface area contributed by atoms with Crippen molar-refractivity contribution in [1.29, 1.82) is 0 Å². The van der Waals surface area contributed by atoms with E-state index in [4.69, 9.17) is 4.74 Å². The van der Waals surface area contributed by atoms with Gasteiger partial charge in [0.05, 0.1) is 5.56 Å². The van der Waals surface area contributed by atoms with Crippen molar-refractivity contribution in [2.45, 2.75) is 39.0 Å². The van der Waals surface area contributed by atoms with Crippen LogP contribution in [0.1, 0.15) is 38.3 Å². The van der Waals surface area contributed by atoms with E-state index in [9.17, 15) is 22.4 Å². The van der Waals surface area contributed by atoms with Crippen molar-refractivity contribution in [3.63, 3.8) is 0 Å². The first kappa shape index (κ1) is 18.8. The summed E-state index contributed by atoms with van der Waals surface area (Å²) in [6.07, 6.45) is -5.14. The molecule has 0 heterocycles. The number of alkyl carbamates (subject to hydrolysis) is 1. The lowest BCUT2D eigenvalue weighted by atomic mass is 10.1. The second-order valence-corrected chi connectivity index (χ2v) is 5.67. The lowest BCUT2D eigenvalue weighted by Gasteiger charge is -2.19. The molecule has 0 aliphatic rings. The first-order chi connectivity index (χ1) is 10.5. The molecule has 0 bridgehead atoms. The molecule has 1 amide bonds. The molecule has 0 radical (unpaired) electrons. The molecule has 0 saturated heterocycles. The monoisotopic (exact) mass is 331 g/mol. The molecule has 0 aliphatic heterocycles. The van der Waals surface area contributed by atoms with Gasteiger partial charge in [-0.1, -0.05) is 11.8 Å². The average Bonchev–Trinajstić information content (AvgIpc) is 2.34. The number of carbonyl (C=O) groups excluding carboxylic acids is 1. The van der Waals surface area contributed by atoms with Gasteiger partial charge < -0.3 is 10.1 Å². The van der Waals surface area contributed by atoms with E-state index in [1.807, 2.05) is 0 Å². The summed E-state index contributed by atoms with van der Waals surface area (Å²) in [6.45, 7) is 5.22. The second kappa shape index (κ2) is 7.36. The predicted molar refractivity (Wildman–Crippen MR) is 77.1 cm³/mol. The van der Waals surface area contributed by atoms with Crippen LogP contribution in [-0.4, -0.2) is 18.2 Å². The number of benzene rings is 1. The van der Waals surface area contributed by atoms with Gasteiger partial charge in [0.1, 0.15) is 11.4 Å². The highest BCUT2D eigenvalue weighted by Gasteiger charge is 2.33. The van der Waals surface area contributed by atoms with Crippen LogP contribution in [0.25, 0.3) is 0 Å². The molecule has 1 rings (SSSR count). The number of halogens is 4. The van der Waals surface area contributed by atoms with Crippen molar-refractivity contribution >= 4 is 6.09 Å². The Morgan fingerprint density at radius 2 is 1.91 bits per heavy atom. The van der Waals surface area contributed by atoms with Crippen LogP contribution in [0.3, 0.4) is 0 Å². The minimum atomic E-state index is -4.60. The van der Waals surface area contributed by atoms with E-state index in [0.29, 0.717) is 6.07 Å². The van der Waals surface area contributed by atoms with Crippen LogP contribution in [0.4, 0.5) is 22.4 Å². The molecule has 0 spiro atoms. The SMILES string of the molecule is CC(C)(C)OC(=O)NCCC#Cc1cc(F)ccc1C(F)(F)F. The number of rotatable bonds is 2. The van der Waals surface area contributed by atoms with Crippen molar-refractivity contribution in [1.82, 2.24) is 5.32 Å². The van der Waals surface area contributed by atoms with Crippen LogP contribution >= 0.6 is 0 Å². The van der Waals surface area contributed by atoms with Gasteiger partial charge in [-0.25, -0.2) is 9.18 Å². The van der Waals surface area contributed by atoms with E-state index in [1.54, 1.807) is 20.8 Å². The van der Waals surface area contributed by atoms with Crippen LogP contribution in [0.15, 0.2) is 18.2 Å². The molecule has 0 aliphatic carbocycles. The Hall–Kier alpha value is -2.23. The van der Waals surface area contributed by atoms with Crippen LogP contribution in [0.2, 0.25) is 0 Å². The largest absolute Gasteiger partial charge is 0.444 e. The molecule has 3 nitrogen and oxygen atoms in total. The standard InChI is InChI=1S/C16H17F4NO2/c1-15(2,3)23-14(22)21-9-5-4-6-11-10-12(17)7-8-13(11)16(18,19)20/h7-8,10H,5,9H2,1-3H3,(H,21,22). The quantitative estimate of drug-likeness (QED) is 0.503. The van der Waals surface area contributed by atoms with Gasteiger partial charge in [0.2, 0.25) is 0 Å². The Morgan fingerprint density at radius 3 is 2.48 bits per heavy atom. The fourth-order valence-electron chi connectivity index (χ4n) is 1.57. The maximum absolute atomic E-state index is 13.1. The number of ether oxygens (including phenoxy) is 1. The minimum absolute atomic E-state index is 0.104. The van der Waals surface area contributed by atoms with Gasteiger partial charge >= 0.3 is 12.3 Å². The zero-order valence-electron chi connectivity index (χ0n) is 13.0. The van der Waals surface area contributed by atoms with Gasteiger partial charge in [-0.15, -0.1) is 0 Å². The molecule has 1 aromatic rings. The molecule has 0 aromatic heterocycles. The fraction of sp³-hybridized carbons (Fsp3) is 0.438. The molecule has 0 atom stereocenters. The van der Waals surface area contributed by atoms with Crippen LogP contribution in [0.5, 0.6) is 0 Å². The third-order valence-corrected chi connectivity index (χ3v) is 2.43. The number of hydrogen-bond acceptors (Lipinski definition) is 2. The van der Waals surface area contributed by atoms with Gasteiger partial charge in [0, 0.05) is 18.5 Å². The Kier molecular flexibility index (Phi) is 6.02. The van der Waals surface area contributed by atoms with Gasteiger partial charge in [0.15, 0.2) is 0 Å². The number of nitrogens with one attached hydrogen (secondary N) is 1. The zero-order chi connectivity index (χ0) is 17.7. The molecule has 126 valence electrons. The highest BCUT2D eigenvalue weighted by atomic mass is 19.4. The predicted octanol–water partition coefficient (Wildman–Crippen LogP) is 4.11. The third kappa shape index (κ3) is 7.04. The average molecular weight is 331 g/mol. The molecule has 7 heteroatoms. The normalized spacial score (nSPS) is 11.4. The summed E-state index contributed by atoms with van der Waals surface area (Å²) >= 11 is 0. The molecule has 23 heavy (non-hydrogen) atoms. The van der Waals surface area contributed by atoms with Crippen LogP contribution in [-0.2, 0) is 10.9 Å². The summed E-state index contributed by atoms with van der Waals surface area (Å²) < 4.78 is 56.3. The molecule has 0 saturated carbocycles. The number of carbonyl (C=O) groups is 1. The van der Waals surface area contributed by atoms with Crippen LogP contribution in [0, 0.1) is 17.7 Å². The molecule has 0 fully saturated rings. The van der Waals surface area contributed by atoms with E-state index in [1.165, 1.54) is 0 Å². The number of alkyl halides is 3. The second-order valence-electron chi connectivity index (χ2n) is 5.67. The Balaban J connectivity index is 2.64. The van der Waals surface area contributed by atoms with Crippen molar-refractivity contribution < 1.29 is 27.1 Å². The first-order valence-electron chi connectivity index (χ1n) is 6.81. The molecular weight excluding hydrogens is 314 g/mol. The molecule has 0 unspecified atom stereocenters. The summed E-state index contributed by atoms with van der Waals surface area (Å²) in [5.74, 6) is 3.96. The summed E-state index contributed by atoms with van der Waals surface area (Å²) in [4.78, 5) is 11.3. The molecular formula is C16H17F4NO2. The zero-order valence-corrected chi connectivity index (χ0v) is 13.0. The van der Waals surface area contributed by atoms with Crippen molar-refractivity contribution in [3.05, 3.63) is 35.1 Å². The van der Waals surface area contributed by atoms with E-state index in [-0.39, 0.29) is 13.0 Å². The van der Waals surface area contributed by atoms with E-state index in [0.717, 1.165) is 12.1 Å². The Morgan fingerprint density at radius 1 is 1.26 bits per heavy atom. The van der Waals surface area contributed by atoms with E-state index < -0.39 is 34.8 Å². The van der Waals surface area contributed by atoms with Crippen molar-refractivity contribution in [2.24, 2.45) is 0 Å². The number of hydrogen-bond donors (Lipinski definition) is 1. The van der Waals surface area contributed by atoms with Gasteiger partial charge in [0.25, 0.3) is 0 Å². The fourth-order valence-corrected chi connectivity index (χ4v) is 1.57. The van der Waals surface area contributed by atoms with Gasteiger partial charge in [-0.3, -0.25) is 0 Å². The molecule has 1 aromatic carbocycles. The lowest BCUT2D eigenvalue weighted by molar-refractivity contribution is -0.137. The smallest absolute Gasteiger partial charge is 0.417 e. The van der Waals surface area contributed by atoms with Gasteiger partial charge in [-0.05, 0) is 39.0 Å². The summed E-state index contributed by atoms with van der Waals surface area (Å²) in [5.41, 5.74) is -2.07. The van der Waals surface area contributed by atoms with Crippen LogP contribution < -0.4 is 5.32 Å². The summed E-state index contributed by atoms with van der Waals surface area (Å²) in [7, 11) is 0.